The highest BCUT2D eigenvalue weighted by molar-refractivity contribution is 7.80. The minimum absolute atomic E-state index is 0.684. The zero-order chi connectivity index (χ0) is 11.3. The molecule has 0 saturated heterocycles. The van der Waals surface area contributed by atoms with Crippen molar-refractivity contribution in [2.75, 3.05) is 24.6 Å². The van der Waals surface area contributed by atoms with Gasteiger partial charge in [0.15, 0.2) is 0 Å². The van der Waals surface area contributed by atoms with E-state index >= 15 is 0 Å². The van der Waals surface area contributed by atoms with E-state index in [2.05, 4.69) is 25.3 Å². The summed E-state index contributed by atoms with van der Waals surface area (Å²) in [6.07, 6.45) is 0. The summed E-state index contributed by atoms with van der Waals surface area (Å²) < 4.78 is 31.6. The summed E-state index contributed by atoms with van der Waals surface area (Å²) in [5, 5.41) is 0. The molecule has 0 fully saturated rings. The Kier molecular flexibility index (Phi) is 22.0. The summed E-state index contributed by atoms with van der Waals surface area (Å²) in [6.45, 7) is 1.37. The van der Waals surface area contributed by atoms with Crippen LogP contribution in [0.3, 0.4) is 0 Å². The van der Waals surface area contributed by atoms with Gasteiger partial charge < -0.3 is 11.5 Å². The molecule has 0 aromatic rings. The predicted octanol–water partition coefficient (Wildman–Crippen LogP) is -0.903. The fraction of sp³-hybridized carbons (Fsp3) is 1.00. The molecular formula is C4H16N2O4S3. The molecule has 84 valence electrons. The molecule has 0 aromatic heterocycles. The van der Waals surface area contributed by atoms with Crippen LogP contribution in [0.25, 0.3) is 0 Å². The molecule has 0 aliphatic rings. The summed E-state index contributed by atoms with van der Waals surface area (Å²) in [6, 6.07) is 0. The second-order valence-corrected chi connectivity index (χ2v) is 3.26. The second-order valence-electron chi connectivity index (χ2n) is 1.47. The fourth-order valence-electron chi connectivity index (χ4n) is 0. The Morgan fingerprint density at radius 2 is 1.08 bits per heavy atom. The van der Waals surface area contributed by atoms with Crippen molar-refractivity contribution >= 4 is 35.7 Å². The molecule has 0 amide bonds. The Morgan fingerprint density at radius 3 is 1.08 bits per heavy atom. The van der Waals surface area contributed by atoms with E-state index in [1.165, 1.54) is 0 Å². The van der Waals surface area contributed by atoms with Crippen molar-refractivity contribution in [2.24, 2.45) is 11.5 Å². The van der Waals surface area contributed by atoms with Gasteiger partial charge >= 0.3 is 10.4 Å². The SMILES string of the molecule is NCCS.NCCS.O=S(=O)(O)O. The molecule has 0 unspecified atom stereocenters. The first-order valence-electron chi connectivity index (χ1n) is 3.15. The smallest absolute Gasteiger partial charge is 0.330 e. The van der Waals surface area contributed by atoms with Crippen LogP contribution in [0.2, 0.25) is 0 Å². The highest BCUT2D eigenvalue weighted by Crippen LogP contribution is 1.59. The quantitative estimate of drug-likeness (QED) is 0.279. The zero-order valence-corrected chi connectivity index (χ0v) is 9.60. The summed E-state index contributed by atoms with van der Waals surface area (Å²) >= 11 is 7.59. The monoisotopic (exact) mass is 252 g/mol. The van der Waals surface area contributed by atoms with Gasteiger partial charge in [-0.2, -0.15) is 33.7 Å². The molecular weight excluding hydrogens is 236 g/mol. The van der Waals surface area contributed by atoms with Gasteiger partial charge in [-0.25, -0.2) is 0 Å². The van der Waals surface area contributed by atoms with Gasteiger partial charge in [0.1, 0.15) is 0 Å². The molecule has 0 aromatic carbocycles. The summed E-state index contributed by atoms with van der Waals surface area (Å²) in [5.41, 5.74) is 9.90. The molecule has 6 N–H and O–H groups in total. The maximum absolute atomic E-state index is 8.74. The van der Waals surface area contributed by atoms with Crippen LogP contribution in [0.15, 0.2) is 0 Å². The lowest BCUT2D eigenvalue weighted by atomic mass is 10.8. The van der Waals surface area contributed by atoms with Gasteiger partial charge in [-0.15, -0.1) is 0 Å². The first-order chi connectivity index (χ1) is 5.83. The molecule has 0 heterocycles. The summed E-state index contributed by atoms with van der Waals surface area (Å²) in [5.74, 6) is 1.58. The van der Waals surface area contributed by atoms with Crippen molar-refractivity contribution in [3.63, 3.8) is 0 Å². The van der Waals surface area contributed by atoms with Crippen molar-refractivity contribution in [1.29, 1.82) is 0 Å². The minimum atomic E-state index is -4.67. The number of thiol groups is 2. The van der Waals surface area contributed by atoms with Crippen LogP contribution in [-0.4, -0.2) is 42.1 Å². The maximum Gasteiger partial charge on any atom is 0.394 e. The van der Waals surface area contributed by atoms with Crippen LogP contribution >= 0.6 is 25.3 Å². The third-order valence-corrected chi connectivity index (χ3v) is 0.775. The van der Waals surface area contributed by atoms with E-state index in [1.54, 1.807) is 0 Å². The zero-order valence-electron chi connectivity index (χ0n) is 7.00. The molecule has 0 bridgehead atoms. The van der Waals surface area contributed by atoms with Gasteiger partial charge in [0.25, 0.3) is 0 Å². The Bertz CT molecular complexity index is 145. The Balaban J connectivity index is -0.000000117. The lowest BCUT2D eigenvalue weighted by Gasteiger charge is -1.69. The minimum Gasteiger partial charge on any atom is -0.330 e. The van der Waals surface area contributed by atoms with E-state index in [0.717, 1.165) is 11.5 Å². The maximum atomic E-state index is 8.74. The normalized spacial score (nSPS) is 9.08. The van der Waals surface area contributed by atoms with Crippen LogP contribution < -0.4 is 11.5 Å². The Labute approximate surface area is 89.5 Å². The molecule has 9 heteroatoms. The van der Waals surface area contributed by atoms with E-state index in [-0.39, 0.29) is 0 Å². The number of hydrogen-bond donors (Lipinski definition) is 6. The topological polar surface area (TPSA) is 127 Å². The Morgan fingerprint density at radius 1 is 1.00 bits per heavy atom. The third-order valence-electron chi connectivity index (χ3n) is 0.258. The number of hydrogen-bond acceptors (Lipinski definition) is 6. The van der Waals surface area contributed by atoms with Gasteiger partial charge in [0, 0.05) is 24.6 Å². The highest BCUT2D eigenvalue weighted by atomic mass is 32.3. The van der Waals surface area contributed by atoms with Crippen molar-refractivity contribution in [3.05, 3.63) is 0 Å². The van der Waals surface area contributed by atoms with Crippen molar-refractivity contribution in [2.45, 2.75) is 0 Å². The van der Waals surface area contributed by atoms with Crippen LogP contribution in [0, 0.1) is 0 Å². The van der Waals surface area contributed by atoms with Crippen LogP contribution in [-0.2, 0) is 10.4 Å². The van der Waals surface area contributed by atoms with Gasteiger partial charge in [-0.3, -0.25) is 9.11 Å². The fourth-order valence-corrected chi connectivity index (χ4v) is 0. The Hall–Kier alpha value is 0.490. The molecule has 0 atom stereocenters. The van der Waals surface area contributed by atoms with Gasteiger partial charge in [0.2, 0.25) is 0 Å². The molecule has 6 nitrogen and oxygen atoms in total. The van der Waals surface area contributed by atoms with E-state index in [0.29, 0.717) is 13.1 Å². The van der Waals surface area contributed by atoms with Gasteiger partial charge in [-0.05, 0) is 0 Å². The number of nitrogens with two attached hydrogens (primary N) is 2. The molecule has 0 aliphatic heterocycles. The van der Waals surface area contributed by atoms with Crippen LogP contribution in [0.1, 0.15) is 0 Å². The average molecular weight is 252 g/mol. The second kappa shape index (κ2) is 15.0. The van der Waals surface area contributed by atoms with Crippen molar-refractivity contribution in [3.8, 4) is 0 Å². The molecule has 0 rings (SSSR count). The number of rotatable bonds is 2. The molecule has 0 radical (unpaired) electrons. The van der Waals surface area contributed by atoms with Crippen LogP contribution in [0.5, 0.6) is 0 Å². The van der Waals surface area contributed by atoms with Crippen molar-refractivity contribution < 1.29 is 17.5 Å². The first kappa shape index (κ1) is 19.1. The van der Waals surface area contributed by atoms with Gasteiger partial charge in [-0.1, -0.05) is 0 Å². The van der Waals surface area contributed by atoms with E-state index in [4.69, 9.17) is 29.0 Å². The average Bonchev–Trinajstić information content (AvgIpc) is 2.01. The predicted molar refractivity (Wildman–Crippen MR) is 60.0 cm³/mol. The summed E-state index contributed by atoms with van der Waals surface area (Å²) in [7, 11) is -4.67. The third kappa shape index (κ3) is 222. The highest BCUT2D eigenvalue weighted by Gasteiger charge is 1.84. The summed E-state index contributed by atoms with van der Waals surface area (Å²) in [4.78, 5) is 0. The first-order valence-corrected chi connectivity index (χ1v) is 5.81. The lowest BCUT2D eigenvalue weighted by Crippen LogP contribution is -1.97. The molecule has 0 aliphatic carbocycles. The largest absolute Gasteiger partial charge is 0.394 e. The van der Waals surface area contributed by atoms with Crippen molar-refractivity contribution in [1.82, 2.24) is 0 Å². The van der Waals surface area contributed by atoms with Crippen LogP contribution in [0.4, 0.5) is 0 Å². The molecule has 0 saturated carbocycles. The molecule has 13 heavy (non-hydrogen) atoms. The molecule has 0 spiro atoms. The standard InChI is InChI=1S/2C2H7NS.H2O4S/c2*3-1-2-4;1-5(2,3)4/h2*4H,1-3H2;(H2,1,2,3,4). The van der Waals surface area contributed by atoms with E-state index < -0.39 is 10.4 Å². The van der Waals surface area contributed by atoms with E-state index in [9.17, 15) is 0 Å². The lowest BCUT2D eigenvalue weighted by molar-refractivity contribution is 0.381. The van der Waals surface area contributed by atoms with E-state index in [1.807, 2.05) is 0 Å². The van der Waals surface area contributed by atoms with Gasteiger partial charge in [0.05, 0.1) is 0 Å².